The minimum Gasteiger partial charge on any atom is -0.463 e. The maximum Gasteiger partial charge on any atom is 0.308 e. The van der Waals surface area contributed by atoms with Crippen LogP contribution in [-0.4, -0.2) is 44.0 Å². The lowest BCUT2D eigenvalue weighted by Gasteiger charge is -2.13. The number of nitro benzene ring substituents is 4. The van der Waals surface area contributed by atoms with E-state index in [2.05, 4.69) is 4.99 Å². The van der Waals surface area contributed by atoms with Gasteiger partial charge in [0.2, 0.25) is 0 Å². The number of aliphatic imine (C=N–C) groups is 1. The third-order valence-corrected chi connectivity index (χ3v) is 5.37. The number of carbonyl (C=O) groups is 1. The predicted octanol–water partition coefficient (Wildman–Crippen LogP) is 4.12. The molecule has 2 aromatic rings. The molecule has 2 aromatic carbocycles. The first-order valence-corrected chi connectivity index (χ1v) is 10.5. The van der Waals surface area contributed by atoms with Gasteiger partial charge >= 0.3 is 5.97 Å². The van der Waals surface area contributed by atoms with Crippen molar-refractivity contribution in [3.63, 3.8) is 0 Å². The Morgan fingerprint density at radius 2 is 1.25 bits per heavy atom. The lowest BCUT2D eigenvalue weighted by atomic mass is 10.0. The second kappa shape index (κ2) is 9.81. The van der Waals surface area contributed by atoms with Crippen molar-refractivity contribution < 1.29 is 29.2 Å². The maximum absolute atomic E-state index is 12.1. The first-order chi connectivity index (χ1) is 16.8. The van der Waals surface area contributed by atoms with Gasteiger partial charge in [-0.2, -0.15) is 0 Å². The fourth-order valence-corrected chi connectivity index (χ4v) is 3.77. The largest absolute Gasteiger partial charge is 0.463 e. The second-order valence-corrected chi connectivity index (χ2v) is 8.21. The normalized spacial score (nSPS) is 12.5. The van der Waals surface area contributed by atoms with Gasteiger partial charge in [-0.15, -0.1) is 0 Å². The summed E-state index contributed by atoms with van der Waals surface area (Å²) in [6, 6.07) is 3.29. The fourth-order valence-electron chi connectivity index (χ4n) is 3.77. The fraction of sp³-hybridized carbons (Fsp3) is 0.333. The molecule has 36 heavy (non-hydrogen) atoms. The van der Waals surface area contributed by atoms with Crippen molar-refractivity contribution in [2.24, 2.45) is 10.9 Å². The molecule has 0 aliphatic heterocycles. The number of rotatable bonds is 9. The number of benzene rings is 2. The molecule has 15 nitrogen and oxygen atoms in total. The molecule has 0 radical (unpaired) electrons. The zero-order valence-electron chi connectivity index (χ0n) is 19.2. The monoisotopic (exact) mass is 501 g/mol. The van der Waals surface area contributed by atoms with Gasteiger partial charge < -0.3 is 4.74 Å². The standard InChI is InChI=1S/C21H19N5O10/c1-10(2)36-21(27)11(3)4-5-22-20-14-6-12(23(28)29)8-16(25(32)33)18(14)19-15(20)7-13(24(30)31)9-17(19)26(34)35/h6-11H,4-5H2,1-3H3. The number of nitrogens with zero attached hydrogens (tertiary/aromatic N) is 5. The zero-order valence-corrected chi connectivity index (χ0v) is 19.2. The van der Waals surface area contributed by atoms with E-state index in [4.69, 9.17) is 4.74 Å². The molecule has 0 aromatic heterocycles. The van der Waals surface area contributed by atoms with Gasteiger partial charge in [0.05, 0.1) is 60.7 Å². The predicted molar refractivity (Wildman–Crippen MR) is 124 cm³/mol. The third kappa shape index (κ3) is 4.84. The minimum absolute atomic E-state index is 0.0739. The van der Waals surface area contributed by atoms with Gasteiger partial charge in [0.1, 0.15) is 0 Å². The average Bonchev–Trinajstić information content (AvgIpc) is 3.10. The molecule has 0 saturated carbocycles. The highest BCUT2D eigenvalue weighted by atomic mass is 16.6. The number of carbonyl (C=O) groups excluding carboxylic acids is 1. The van der Waals surface area contributed by atoms with E-state index < -0.39 is 54.3 Å². The molecule has 3 rings (SSSR count). The van der Waals surface area contributed by atoms with Crippen LogP contribution >= 0.6 is 0 Å². The number of nitro groups is 4. The van der Waals surface area contributed by atoms with Gasteiger partial charge in [0.15, 0.2) is 0 Å². The van der Waals surface area contributed by atoms with Crippen LogP contribution in [0.2, 0.25) is 0 Å². The summed E-state index contributed by atoms with van der Waals surface area (Å²) in [5.74, 6) is -1.09. The number of non-ortho nitro benzene ring substituents is 2. The van der Waals surface area contributed by atoms with E-state index >= 15 is 0 Å². The number of fused-ring (bicyclic) bond motifs is 3. The Morgan fingerprint density at radius 3 is 1.61 bits per heavy atom. The van der Waals surface area contributed by atoms with Crippen molar-refractivity contribution in [2.75, 3.05) is 6.54 Å². The minimum atomic E-state index is -0.923. The molecular formula is C21H19N5O10. The molecule has 1 aliphatic carbocycles. The van der Waals surface area contributed by atoms with Crippen LogP contribution in [0.5, 0.6) is 0 Å². The van der Waals surface area contributed by atoms with E-state index in [9.17, 15) is 45.3 Å². The Morgan fingerprint density at radius 1 is 0.806 bits per heavy atom. The Kier molecular flexibility index (Phi) is 7.03. The molecule has 0 amide bonds. The highest BCUT2D eigenvalue weighted by Crippen LogP contribution is 2.50. The number of esters is 1. The molecule has 188 valence electrons. The van der Waals surface area contributed by atoms with Crippen LogP contribution in [0.1, 0.15) is 38.3 Å². The second-order valence-electron chi connectivity index (χ2n) is 8.21. The van der Waals surface area contributed by atoms with E-state index in [-0.39, 0.29) is 47.0 Å². The summed E-state index contributed by atoms with van der Waals surface area (Å²) >= 11 is 0. The van der Waals surface area contributed by atoms with Gasteiger partial charge in [0, 0.05) is 29.8 Å². The molecule has 1 unspecified atom stereocenters. The highest BCUT2D eigenvalue weighted by Gasteiger charge is 2.41. The summed E-state index contributed by atoms with van der Waals surface area (Å²) in [5, 5.41) is 46.4. The van der Waals surface area contributed by atoms with Crippen LogP contribution in [0, 0.1) is 46.4 Å². The molecule has 0 saturated heterocycles. The summed E-state index contributed by atoms with van der Waals surface area (Å²) < 4.78 is 5.13. The average molecular weight is 501 g/mol. The van der Waals surface area contributed by atoms with Crippen molar-refractivity contribution in [2.45, 2.75) is 33.3 Å². The van der Waals surface area contributed by atoms with Crippen molar-refractivity contribution in [3.05, 3.63) is 75.8 Å². The van der Waals surface area contributed by atoms with Gasteiger partial charge in [0.25, 0.3) is 22.7 Å². The van der Waals surface area contributed by atoms with Crippen molar-refractivity contribution in [1.29, 1.82) is 0 Å². The van der Waals surface area contributed by atoms with Gasteiger partial charge in [-0.3, -0.25) is 50.2 Å². The van der Waals surface area contributed by atoms with E-state index in [0.29, 0.717) is 12.1 Å². The SMILES string of the molecule is CC(C)OC(=O)C(C)CCN=C1c2cc([N+](=O)[O-])cc([N+](=O)[O-])c2-c2c1cc([N+](=O)[O-])cc2[N+](=O)[O-]. The first kappa shape index (κ1) is 25.8. The summed E-state index contributed by atoms with van der Waals surface area (Å²) in [6.07, 6.45) is -0.199. The van der Waals surface area contributed by atoms with E-state index in [0.717, 1.165) is 12.1 Å². The summed E-state index contributed by atoms with van der Waals surface area (Å²) in [7, 11) is 0. The van der Waals surface area contributed by atoms with Crippen LogP contribution in [0.25, 0.3) is 11.1 Å². The smallest absolute Gasteiger partial charge is 0.308 e. The van der Waals surface area contributed by atoms with Crippen LogP contribution in [-0.2, 0) is 9.53 Å². The maximum atomic E-state index is 12.1. The van der Waals surface area contributed by atoms with Gasteiger partial charge in [-0.1, -0.05) is 6.92 Å². The zero-order chi connectivity index (χ0) is 26.9. The first-order valence-electron chi connectivity index (χ1n) is 10.5. The molecule has 0 fully saturated rings. The molecule has 0 N–H and O–H groups in total. The van der Waals surface area contributed by atoms with E-state index in [1.165, 1.54) is 0 Å². The number of hydrogen-bond donors (Lipinski definition) is 0. The molecular weight excluding hydrogens is 482 g/mol. The van der Waals surface area contributed by atoms with Crippen molar-refractivity contribution in [1.82, 2.24) is 0 Å². The molecule has 1 atom stereocenters. The van der Waals surface area contributed by atoms with Crippen LogP contribution in [0.3, 0.4) is 0 Å². The number of ether oxygens (including phenoxy) is 1. The topological polar surface area (TPSA) is 211 Å². The third-order valence-electron chi connectivity index (χ3n) is 5.37. The highest BCUT2D eigenvalue weighted by molar-refractivity contribution is 6.27. The van der Waals surface area contributed by atoms with Crippen LogP contribution in [0.4, 0.5) is 22.7 Å². The van der Waals surface area contributed by atoms with Crippen LogP contribution in [0.15, 0.2) is 29.3 Å². The quantitative estimate of drug-likeness (QED) is 0.232. The Hall–Kier alpha value is -4.82. The number of hydrogen-bond acceptors (Lipinski definition) is 11. The van der Waals surface area contributed by atoms with Crippen LogP contribution < -0.4 is 0 Å². The Bertz CT molecular complexity index is 1270. The molecule has 15 heteroatoms. The lowest BCUT2D eigenvalue weighted by Crippen LogP contribution is -2.19. The Balaban J connectivity index is 2.25. The summed E-state index contributed by atoms with van der Waals surface area (Å²) in [4.78, 5) is 59.3. The van der Waals surface area contributed by atoms with Crippen molar-refractivity contribution in [3.8, 4) is 11.1 Å². The molecule has 0 heterocycles. The summed E-state index contributed by atoms with van der Waals surface area (Å²) in [5.41, 5.74) is -3.89. The van der Waals surface area contributed by atoms with E-state index in [1.807, 2.05) is 0 Å². The lowest BCUT2D eigenvalue weighted by molar-refractivity contribution is -0.395. The summed E-state index contributed by atoms with van der Waals surface area (Å²) in [6.45, 7) is 4.87. The van der Waals surface area contributed by atoms with Gasteiger partial charge in [-0.25, -0.2) is 0 Å². The van der Waals surface area contributed by atoms with E-state index in [1.54, 1.807) is 20.8 Å². The molecule has 1 aliphatic rings. The Labute approximate surface area is 202 Å². The molecule has 0 bridgehead atoms. The van der Waals surface area contributed by atoms with Gasteiger partial charge in [-0.05, 0) is 20.3 Å². The molecule has 0 spiro atoms. The van der Waals surface area contributed by atoms with Crippen molar-refractivity contribution >= 4 is 34.4 Å².